The number of hydrogen-bond acceptors (Lipinski definition) is 14. The van der Waals surface area contributed by atoms with E-state index in [1.54, 1.807) is 115 Å². The standard InChI is InChI=1S/4C4H6N2.2C4H5NO.3C4H5NS.9C2H6/c2*1-4-2-5-3-6-4;1-6-3-2-5-4-6;1-4-5-2-3-6-4;1-4-2-5-6-3-4;1-4-2-3-6-5-4;1-4-2-6-3-5-4;1-4-2-5-3-6-4;1-4-5-2-3-6-4;9*1-2/h2*2-3H,1H3,(H,5,6);2-4H,1H3;2-3H,1H3,(H,5,6);5*2-3H,1H3;9*1-2H3. The van der Waals surface area contributed by atoms with Gasteiger partial charge in [-0.15, -0.1) is 34.0 Å². The highest BCUT2D eigenvalue weighted by atomic mass is 32.1. The van der Waals surface area contributed by atoms with Gasteiger partial charge in [-0.1, -0.05) is 135 Å². The molecule has 9 aromatic heterocycles. The molecular formula is C54H103N13O2S3. The Bertz CT molecular complexity index is 1470. The number of imidazole rings is 4. The van der Waals surface area contributed by atoms with E-state index < -0.39 is 0 Å². The van der Waals surface area contributed by atoms with Crippen molar-refractivity contribution in [3.05, 3.63) is 159 Å². The number of aromatic nitrogens is 13. The lowest BCUT2D eigenvalue weighted by Crippen LogP contribution is -1.76. The first-order valence-corrected chi connectivity index (χ1v) is 27.8. The predicted molar refractivity (Wildman–Crippen MR) is 318 cm³/mol. The average molecular weight is 1060 g/mol. The summed E-state index contributed by atoms with van der Waals surface area (Å²) in [4.78, 5) is 36.8. The van der Waals surface area contributed by atoms with Crippen molar-refractivity contribution in [1.82, 2.24) is 64.7 Å². The van der Waals surface area contributed by atoms with Crippen LogP contribution < -0.4 is 0 Å². The molecule has 72 heavy (non-hydrogen) atoms. The van der Waals surface area contributed by atoms with Gasteiger partial charge in [0.15, 0.2) is 0 Å². The van der Waals surface area contributed by atoms with E-state index in [0.717, 1.165) is 39.2 Å². The van der Waals surface area contributed by atoms with Crippen molar-refractivity contribution in [2.45, 2.75) is 180 Å². The quantitative estimate of drug-likeness (QED) is 0.131. The third-order valence-corrected chi connectivity index (χ3v) is 7.44. The summed E-state index contributed by atoms with van der Waals surface area (Å²) < 4.78 is 10.8. The molecule has 18 heteroatoms. The molecule has 0 radical (unpaired) electrons. The van der Waals surface area contributed by atoms with E-state index in [4.69, 9.17) is 0 Å². The summed E-state index contributed by atoms with van der Waals surface area (Å²) in [7, 11) is 1.94. The third kappa shape index (κ3) is 78.3. The fraction of sp³-hybridized carbons (Fsp3) is 0.500. The Morgan fingerprint density at radius 2 is 1.08 bits per heavy atom. The fourth-order valence-corrected chi connectivity index (χ4v) is 4.09. The lowest BCUT2D eigenvalue weighted by Gasteiger charge is -1.76. The molecule has 0 amide bonds. The van der Waals surface area contributed by atoms with Crippen LogP contribution in [0.4, 0.5) is 0 Å². The van der Waals surface area contributed by atoms with E-state index in [-0.39, 0.29) is 0 Å². The molecular weight excluding hydrogens is 959 g/mol. The summed E-state index contributed by atoms with van der Waals surface area (Å²) in [5.41, 5.74) is 8.97. The largest absolute Gasteiger partial charge is 0.365 e. The number of nitrogens with one attached hydrogen (secondary N) is 3. The predicted octanol–water partition coefficient (Wildman–Crippen LogP) is 18.1. The van der Waals surface area contributed by atoms with Gasteiger partial charge in [-0.3, -0.25) is 15.0 Å². The Morgan fingerprint density at radius 3 is 1.19 bits per heavy atom. The second kappa shape index (κ2) is 82.1. The Morgan fingerprint density at radius 1 is 0.528 bits per heavy atom. The van der Waals surface area contributed by atoms with Crippen molar-refractivity contribution < 1.29 is 9.05 Å². The molecule has 3 N–H and O–H groups in total. The van der Waals surface area contributed by atoms with Crippen LogP contribution in [-0.2, 0) is 7.05 Å². The Balaban J connectivity index is -0.0000000852. The van der Waals surface area contributed by atoms with Gasteiger partial charge in [0.1, 0.15) is 18.4 Å². The van der Waals surface area contributed by atoms with Crippen molar-refractivity contribution in [3.63, 3.8) is 0 Å². The normalized spacial score (nSPS) is 7.38. The molecule has 0 aliphatic rings. The number of nitrogens with zero attached hydrogens (tertiary/aromatic N) is 10. The van der Waals surface area contributed by atoms with E-state index in [1.165, 1.54) is 4.88 Å². The zero-order valence-electron chi connectivity index (χ0n) is 50.0. The van der Waals surface area contributed by atoms with Gasteiger partial charge >= 0.3 is 0 Å². The minimum Gasteiger partial charge on any atom is -0.365 e. The lowest BCUT2D eigenvalue weighted by molar-refractivity contribution is 0.415. The van der Waals surface area contributed by atoms with Gasteiger partial charge in [0.05, 0.1) is 46.9 Å². The number of aryl methyl sites for hydroxylation is 9. The van der Waals surface area contributed by atoms with E-state index in [0.29, 0.717) is 0 Å². The monoisotopic (exact) mass is 1060 g/mol. The van der Waals surface area contributed by atoms with Gasteiger partial charge in [0.25, 0.3) is 0 Å². The molecule has 0 atom stereocenters. The molecule has 0 saturated carbocycles. The van der Waals surface area contributed by atoms with E-state index in [1.807, 2.05) is 226 Å². The summed E-state index contributed by atoms with van der Waals surface area (Å²) in [5.74, 6) is 0.968. The van der Waals surface area contributed by atoms with Gasteiger partial charge in [0, 0.05) is 101 Å². The number of H-pyrrole nitrogens is 3. The second-order valence-electron chi connectivity index (χ2n) is 10.5. The number of aromatic amines is 3. The Kier molecular flexibility index (Phi) is 98.0. The first-order chi connectivity index (χ1) is 35.0. The highest BCUT2D eigenvalue weighted by molar-refractivity contribution is 7.09. The van der Waals surface area contributed by atoms with Crippen LogP contribution in [0.15, 0.2) is 124 Å². The Labute approximate surface area is 451 Å². The van der Waals surface area contributed by atoms with Gasteiger partial charge in [-0.2, -0.15) is 0 Å². The fourth-order valence-electron chi connectivity index (χ4n) is 2.70. The molecule has 0 aromatic carbocycles. The highest BCUT2D eigenvalue weighted by Gasteiger charge is 1.80. The topological polar surface area (TPSA) is 195 Å². The van der Waals surface area contributed by atoms with Crippen LogP contribution in [0.2, 0.25) is 0 Å². The van der Waals surface area contributed by atoms with Crippen molar-refractivity contribution in [2.24, 2.45) is 7.05 Å². The second-order valence-corrected chi connectivity index (χ2v) is 13.4. The van der Waals surface area contributed by atoms with Crippen LogP contribution in [0.3, 0.4) is 0 Å². The van der Waals surface area contributed by atoms with Gasteiger partial charge in [0.2, 0.25) is 0 Å². The van der Waals surface area contributed by atoms with Crippen molar-refractivity contribution in [1.29, 1.82) is 0 Å². The molecule has 15 nitrogen and oxygen atoms in total. The Hall–Kier alpha value is -5.85. The molecule has 0 unspecified atom stereocenters. The molecule has 9 heterocycles. The maximum absolute atomic E-state index is 4.46. The van der Waals surface area contributed by atoms with Crippen LogP contribution in [-0.4, -0.2) is 64.7 Å². The smallest absolute Gasteiger partial charge is 0.126 e. The SMILES string of the molecule is CC.CC.CC.CC.CC.CC.CC.CC.CC.Cc1ccon1.Cc1cnc[nH]1.Cc1cnc[nH]1.Cc1cncs1.Cc1cnoc1.Cc1cscn1.Cc1ncc[nH]1.Cc1nccs1.Cn1ccnc1. The zero-order valence-corrected chi connectivity index (χ0v) is 52.4. The molecule has 0 aliphatic carbocycles. The molecule has 9 rings (SSSR count). The third-order valence-electron chi connectivity index (χ3n) is 5.33. The average Bonchev–Trinajstić information content (AvgIpc) is 4.27. The van der Waals surface area contributed by atoms with Gasteiger partial charge < -0.3 is 28.6 Å². The number of hydrogen-bond donors (Lipinski definition) is 3. The molecule has 0 spiro atoms. The molecule has 0 bridgehead atoms. The first kappa shape index (κ1) is 86.0. The minimum atomic E-state index is 0.926. The maximum atomic E-state index is 4.46. The number of thiazole rings is 3. The van der Waals surface area contributed by atoms with E-state index in [9.17, 15) is 0 Å². The van der Waals surface area contributed by atoms with Crippen LogP contribution in [0.1, 0.15) is 169 Å². The summed E-state index contributed by atoms with van der Waals surface area (Å²) in [6.45, 7) is 51.7. The van der Waals surface area contributed by atoms with Crippen LogP contribution >= 0.6 is 34.0 Å². The van der Waals surface area contributed by atoms with Gasteiger partial charge in [-0.25, -0.2) is 19.9 Å². The highest BCUT2D eigenvalue weighted by Crippen LogP contribution is 2.00. The minimum absolute atomic E-state index is 0.926. The zero-order chi connectivity index (χ0) is 57.7. The molecule has 414 valence electrons. The van der Waals surface area contributed by atoms with E-state index >= 15 is 0 Å². The summed E-state index contributed by atoms with van der Waals surface area (Å²) in [6.07, 6.45) is 24.3. The summed E-state index contributed by atoms with van der Waals surface area (Å²) >= 11 is 4.96. The first-order valence-electron chi connectivity index (χ1n) is 25.1. The van der Waals surface area contributed by atoms with Crippen LogP contribution in [0.25, 0.3) is 0 Å². The van der Waals surface area contributed by atoms with Crippen molar-refractivity contribution in [2.75, 3.05) is 0 Å². The summed E-state index contributed by atoms with van der Waals surface area (Å²) in [6, 6.07) is 1.81. The lowest BCUT2D eigenvalue weighted by atomic mass is 10.4. The van der Waals surface area contributed by atoms with Crippen molar-refractivity contribution in [3.8, 4) is 0 Å². The molecule has 0 fully saturated rings. The maximum Gasteiger partial charge on any atom is 0.126 e. The number of rotatable bonds is 0. The molecule has 0 saturated heterocycles. The molecule has 9 aromatic rings. The van der Waals surface area contributed by atoms with E-state index in [2.05, 4.69) is 69.2 Å². The molecule has 0 aliphatic heterocycles. The van der Waals surface area contributed by atoms with Crippen LogP contribution in [0, 0.1) is 55.4 Å². The van der Waals surface area contributed by atoms with Crippen molar-refractivity contribution >= 4 is 34.0 Å². The van der Waals surface area contributed by atoms with Crippen LogP contribution in [0.5, 0.6) is 0 Å². The van der Waals surface area contributed by atoms with Gasteiger partial charge in [-0.05, 0) is 55.4 Å². The summed E-state index contributed by atoms with van der Waals surface area (Å²) in [5, 5.41) is 12.1.